The third-order valence-electron chi connectivity index (χ3n) is 3.86. The first kappa shape index (κ1) is 18.0. The van der Waals surface area contributed by atoms with Gasteiger partial charge in [0.25, 0.3) is 0 Å². The quantitative estimate of drug-likeness (QED) is 0.715. The first-order valence-corrected chi connectivity index (χ1v) is 8.52. The molecule has 122 valence electrons. The Morgan fingerprint density at radius 2 is 1.71 bits per heavy atom. The van der Waals surface area contributed by atoms with E-state index in [9.17, 15) is 0 Å². The molecule has 0 atom stereocenters. The summed E-state index contributed by atoms with van der Waals surface area (Å²) in [7, 11) is 2.08. The molecule has 0 aliphatic heterocycles. The van der Waals surface area contributed by atoms with Crippen LogP contribution in [0, 0.1) is 6.92 Å². The van der Waals surface area contributed by atoms with Gasteiger partial charge in [-0.3, -0.25) is 4.68 Å². The van der Waals surface area contributed by atoms with Crippen molar-refractivity contribution in [3.8, 4) is 0 Å². The van der Waals surface area contributed by atoms with E-state index in [1.165, 1.54) is 37.1 Å². The van der Waals surface area contributed by atoms with Crippen LogP contribution in [0.4, 0.5) is 5.82 Å². The number of nitrogens with one attached hydrogen (secondary N) is 1. The maximum absolute atomic E-state index is 4.66. The highest BCUT2D eigenvalue weighted by Gasteiger charge is 2.18. The zero-order valence-electron chi connectivity index (χ0n) is 14.9. The Morgan fingerprint density at radius 1 is 1.14 bits per heavy atom. The third-order valence-corrected chi connectivity index (χ3v) is 3.86. The number of nitrogens with zero attached hydrogens (tertiary/aromatic N) is 3. The summed E-state index contributed by atoms with van der Waals surface area (Å²) in [6.07, 6.45) is 4.95. The fourth-order valence-corrected chi connectivity index (χ4v) is 2.62. The van der Waals surface area contributed by atoms with E-state index >= 15 is 0 Å². The van der Waals surface area contributed by atoms with Crippen LogP contribution in [0.15, 0.2) is 0 Å². The molecule has 0 amide bonds. The monoisotopic (exact) mass is 294 g/mol. The molecule has 0 unspecified atom stereocenters. The van der Waals surface area contributed by atoms with Gasteiger partial charge in [-0.1, -0.05) is 40.5 Å². The van der Waals surface area contributed by atoms with Crippen molar-refractivity contribution in [2.45, 2.75) is 72.9 Å². The highest BCUT2D eigenvalue weighted by Crippen LogP contribution is 2.24. The molecule has 1 rings (SSSR count). The highest BCUT2D eigenvalue weighted by atomic mass is 15.4. The minimum Gasteiger partial charge on any atom is -0.357 e. The van der Waals surface area contributed by atoms with Gasteiger partial charge >= 0.3 is 0 Å². The lowest BCUT2D eigenvalue weighted by Crippen LogP contribution is -2.30. The zero-order chi connectivity index (χ0) is 15.8. The van der Waals surface area contributed by atoms with Gasteiger partial charge < -0.3 is 10.2 Å². The average Bonchev–Trinajstić information content (AvgIpc) is 2.71. The number of aryl methyl sites for hydroxylation is 2. The van der Waals surface area contributed by atoms with Gasteiger partial charge in [0, 0.05) is 38.3 Å². The zero-order valence-corrected chi connectivity index (χ0v) is 14.9. The molecule has 0 fully saturated rings. The maximum Gasteiger partial charge on any atom is 0.131 e. The second-order valence-electron chi connectivity index (χ2n) is 6.24. The molecule has 1 aromatic rings. The third kappa shape index (κ3) is 5.34. The molecule has 4 nitrogen and oxygen atoms in total. The summed E-state index contributed by atoms with van der Waals surface area (Å²) >= 11 is 0. The second kappa shape index (κ2) is 9.08. The van der Waals surface area contributed by atoms with Crippen molar-refractivity contribution in [2.75, 3.05) is 18.0 Å². The van der Waals surface area contributed by atoms with Gasteiger partial charge in [0.1, 0.15) is 5.82 Å². The lowest BCUT2D eigenvalue weighted by molar-refractivity contribution is 0.583. The number of hydrogen-bond donors (Lipinski definition) is 1. The van der Waals surface area contributed by atoms with Gasteiger partial charge in [0.2, 0.25) is 0 Å². The van der Waals surface area contributed by atoms with Gasteiger partial charge in [-0.2, -0.15) is 5.10 Å². The Bertz CT molecular complexity index is 401. The van der Waals surface area contributed by atoms with E-state index in [2.05, 4.69) is 61.7 Å². The SMILES string of the molecule is CCCCN(CCCC)c1c(CNC(C)C)c(C)nn1C. The molecule has 1 aromatic heterocycles. The van der Waals surface area contributed by atoms with Crippen molar-refractivity contribution in [3.05, 3.63) is 11.3 Å². The van der Waals surface area contributed by atoms with Crippen LogP contribution in [-0.2, 0) is 13.6 Å². The van der Waals surface area contributed by atoms with E-state index < -0.39 is 0 Å². The van der Waals surface area contributed by atoms with Crippen LogP contribution in [0.3, 0.4) is 0 Å². The van der Waals surface area contributed by atoms with Crippen LogP contribution < -0.4 is 10.2 Å². The van der Waals surface area contributed by atoms with Crippen LogP contribution in [-0.4, -0.2) is 28.9 Å². The van der Waals surface area contributed by atoms with Crippen molar-refractivity contribution < 1.29 is 0 Å². The van der Waals surface area contributed by atoms with Crippen molar-refractivity contribution in [3.63, 3.8) is 0 Å². The van der Waals surface area contributed by atoms with Gasteiger partial charge in [-0.05, 0) is 19.8 Å². The summed E-state index contributed by atoms with van der Waals surface area (Å²) < 4.78 is 2.07. The molecule has 0 saturated carbocycles. The molecule has 0 spiro atoms. The van der Waals surface area contributed by atoms with E-state index in [1.54, 1.807) is 0 Å². The van der Waals surface area contributed by atoms with E-state index in [0.29, 0.717) is 6.04 Å². The molecule has 4 heteroatoms. The second-order valence-corrected chi connectivity index (χ2v) is 6.24. The van der Waals surface area contributed by atoms with Crippen LogP contribution >= 0.6 is 0 Å². The predicted octanol–water partition coefficient (Wildman–Crippen LogP) is 3.63. The topological polar surface area (TPSA) is 33.1 Å². The Hall–Kier alpha value is -1.03. The van der Waals surface area contributed by atoms with E-state index in [0.717, 1.165) is 25.3 Å². The molecule has 1 heterocycles. The van der Waals surface area contributed by atoms with Crippen LogP contribution in [0.2, 0.25) is 0 Å². The Balaban J connectivity index is 2.97. The molecule has 0 aliphatic rings. The van der Waals surface area contributed by atoms with Gasteiger partial charge in [-0.15, -0.1) is 0 Å². The largest absolute Gasteiger partial charge is 0.357 e. The number of aromatic nitrogens is 2. The summed E-state index contributed by atoms with van der Waals surface area (Å²) in [5.74, 6) is 1.31. The fraction of sp³-hybridized carbons (Fsp3) is 0.824. The molecular formula is C17H34N4. The van der Waals surface area contributed by atoms with Crippen molar-refractivity contribution in [2.24, 2.45) is 7.05 Å². The van der Waals surface area contributed by atoms with Crippen LogP contribution in [0.5, 0.6) is 0 Å². The predicted molar refractivity (Wildman–Crippen MR) is 91.9 cm³/mol. The summed E-state index contributed by atoms with van der Waals surface area (Å²) in [5.41, 5.74) is 2.51. The molecule has 0 aliphatic carbocycles. The van der Waals surface area contributed by atoms with Gasteiger partial charge in [-0.25, -0.2) is 0 Å². The standard InChI is InChI=1S/C17H34N4/c1-7-9-11-21(12-10-8-2)17-16(13-18-14(3)4)15(5)19-20(17)6/h14,18H,7-13H2,1-6H3. The fourth-order valence-electron chi connectivity index (χ4n) is 2.62. The highest BCUT2D eigenvalue weighted by molar-refractivity contribution is 5.50. The maximum atomic E-state index is 4.66. The molecule has 0 radical (unpaired) electrons. The number of rotatable bonds is 10. The van der Waals surface area contributed by atoms with Crippen molar-refractivity contribution in [1.82, 2.24) is 15.1 Å². The first-order valence-electron chi connectivity index (χ1n) is 8.52. The number of anilines is 1. The summed E-state index contributed by atoms with van der Waals surface area (Å²) in [4.78, 5) is 2.53. The number of hydrogen-bond acceptors (Lipinski definition) is 3. The molecule has 1 N–H and O–H groups in total. The summed E-state index contributed by atoms with van der Waals surface area (Å²) in [6.45, 7) is 14.2. The van der Waals surface area contributed by atoms with E-state index in [4.69, 9.17) is 0 Å². The molecule has 0 saturated heterocycles. The Labute approximate surface area is 130 Å². The molecule has 21 heavy (non-hydrogen) atoms. The smallest absolute Gasteiger partial charge is 0.131 e. The average molecular weight is 294 g/mol. The van der Waals surface area contributed by atoms with Crippen molar-refractivity contribution >= 4 is 5.82 Å². The summed E-state index contributed by atoms with van der Waals surface area (Å²) in [5, 5.41) is 8.20. The van der Waals surface area contributed by atoms with Gasteiger partial charge in [0.15, 0.2) is 0 Å². The molecule has 0 bridgehead atoms. The lowest BCUT2D eigenvalue weighted by Gasteiger charge is -2.26. The normalized spacial score (nSPS) is 11.4. The van der Waals surface area contributed by atoms with E-state index in [1.807, 2.05) is 0 Å². The van der Waals surface area contributed by atoms with E-state index in [-0.39, 0.29) is 0 Å². The number of unbranched alkanes of at least 4 members (excludes halogenated alkanes) is 2. The lowest BCUT2D eigenvalue weighted by atomic mass is 10.2. The van der Waals surface area contributed by atoms with Crippen LogP contribution in [0.1, 0.15) is 64.6 Å². The molecule has 0 aromatic carbocycles. The van der Waals surface area contributed by atoms with Crippen LogP contribution in [0.25, 0.3) is 0 Å². The summed E-state index contributed by atoms with van der Waals surface area (Å²) in [6, 6.07) is 0.497. The first-order chi connectivity index (χ1) is 10.0. The van der Waals surface area contributed by atoms with Gasteiger partial charge in [0.05, 0.1) is 5.69 Å². The molecular weight excluding hydrogens is 260 g/mol. The Morgan fingerprint density at radius 3 is 2.19 bits per heavy atom. The Kier molecular flexibility index (Phi) is 7.79. The van der Waals surface area contributed by atoms with Crippen molar-refractivity contribution in [1.29, 1.82) is 0 Å². The minimum absolute atomic E-state index is 0.497. The minimum atomic E-state index is 0.497.